The Hall–Kier alpha value is -2.47. The van der Waals surface area contributed by atoms with Gasteiger partial charge in [-0.05, 0) is 30.7 Å². The number of fused-ring (bicyclic) bond motifs is 1. The number of hydrogen-bond donors (Lipinski definition) is 1. The highest BCUT2D eigenvalue weighted by molar-refractivity contribution is 5.67. The molecule has 23 heavy (non-hydrogen) atoms. The van der Waals surface area contributed by atoms with Gasteiger partial charge in [0.15, 0.2) is 5.65 Å². The van der Waals surface area contributed by atoms with Crippen molar-refractivity contribution < 1.29 is 0 Å². The molecule has 0 spiro atoms. The third kappa shape index (κ3) is 2.55. The highest BCUT2D eigenvalue weighted by Crippen LogP contribution is 2.25. The van der Waals surface area contributed by atoms with Gasteiger partial charge >= 0.3 is 0 Å². The van der Waals surface area contributed by atoms with Crippen molar-refractivity contribution in [2.45, 2.75) is 13.3 Å². The van der Waals surface area contributed by atoms with Crippen LogP contribution in [-0.2, 0) is 6.42 Å². The maximum absolute atomic E-state index is 4.88. The molecule has 118 valence electrons. The number of piperazine rings is 1. The summed E-state index contributed by atoms with van der Waals surface area (Å²) in [7, 11) is 0. The van der Waals surface area contributed by atoms with E-state index in [-0.39, 0.29) is 0 Å². The highest BCUT2D eigenvalue weighted by atomic mass is 15.3. The lowest BCUT2D eigenvalue weighted by molar-refractivity contribution is 0.582. The van der Waals surface area contributed by atoms with Crippen LogP contribution in [0.4, 0.5) is 5.82 Å². The number of nitrogens with one attached hydrogen (secondary N) is 1. The predicted octanol–water partition coefficient (Wildman–Crippen LogP) is 1.76. The van der Waals surface area contributed by atoms with Crippen LogP contribution in [0.2, 0.25) is 0 Å². The van der Waals surface area contributed by atoms with Gasteiger partial charge in [-0.3, -0.25) is 4.98 Å². The number of nitrogens with zero attached hydrogens (tertiary/aromatic N) is 5. The van der Waals surface area contributed by atoms with Crippen LogP contribution in [0.15, 0.2) is 36.7 Å². The van der Waals surface area contributed by atoms with E-state index in [2.05, 4.69) is 34.3 Å². The molecule has 4 heterocycles. The molecular formula is C17H20N6. The Morgan fingerprint density at radius 3 is 2.61 bits per heavy atom. The van der Waals surface area contributed by atoms with Crippen LogP contribution in [0.25, 0.3) is 16.9 Å². The Labute approximate surface area is 135 Å². The maximum atomic E-state index is 4.88. The lowest BCUT2D eigenvalue weighted by Crippen LogP contribution is -2.44. The Bertz CT molecular complexity index is 805. The molecule has 1 saturated heterocycles. The molecular weight excluding hydrogens is 288 g/mol. The van der Waals surface area contributed by atoms with Crippen molar-refractivity contribution in [2.75, 3.05) is 31.1 Å². The van der Waals surface area contributed by atoms with Crippen molar-refractivity contribution >= 4 is 11.5 Å². The Balaban J connectivity index is 1.86. The summed E-state index contributed by atoms with van der Waals surface area (Å²) in [5.41, 5.74) is 4.14. The molecule has 6 heteroatoms. The number of hydrogen-bond acceptors (Lipinski definition) is 5. The summed E-state index contributed by atoms with van der Waals surface area (Å²) in [6.07, 6.45) is 4.51. The van der Waals surface area contributed by atoms with E-state index in [1.807, 2.05) is 29.0 Å². The van der Waals surface area contributed by atoms with Gasteiger partial charge in [0.25, 0.3) is 0 Å². The number of anilines is 1. The second-order valence-electron chi connectivity index (χ2n) is 5.70. The predicted molar refractivity (Wildman–Crippen MR) is 90.7 cm³/mol. The van der Waals surface area contributed by atoms with E-state index in [1.165, 1.54) is 0 Å². The zero-order valence-corrected chi connectivity index (χ0v) is 13.2. The first-order valence-corrected chi connectivity index (χ1v) is 8.11. The molecule has 1 fully saturated rings. The van der Waals surface area contributed by atoms with Crippen LogP contribution < -0.4 is 10.2 Å². The van der Waals surface area contributed by atoms with Gasteiger partial charge < -0.3 is 10.2 Å². The molecule has 0 saturated carbocycles. The van der Waals surface area contributed by atoms with Crippen molar-refractivity contribution in [2.24, 2.45) is 0 Å². The Kier molecular flexibility index (Phi) is 3.67. The molecule has 0 aromatic carbocycles. The van der Waals surface area contributed by atoms with Crippen LogP contribution in [-0.4, -0.2) is 45.8 Å². The van der Waals surface area contributed by atoms with Crippen LogP contribution in [0.1, 0.15) is 12.6 Å². The average Bonchev–Trinajstić information content (AvgIpc) is 3.01. The minimum Gasteiger partial charge on any atom is -0.353 e. The number of rotatable bonds is 3. The molecule has 0 amide bonds. The zero-order chi connectivity index (χ0) is 15.6. The first-order chi connectivity index (χ1) is 11.4. The molecule has 1 aliphatic rings. The van der Waals surface area contributed by atoms with Crippen LogP contribution in [0.3, 0.4) is 0 Å². The molecule has 1 aliphatic heterocycles. The fraction of sp³-hybridized carbons (Fsp3) is 0.353. The van der Waals surface area contributed by atoms with E-state index in [0.29, 0.717) is 0 Å². The summed E-state index contributed by atoms with van der Waals surface area (Å²) in [6.45, 7) is 6.10. The second-order valence-corrected chi connectivity index (χ2v) is 5.70. The largest absolute Gasteiger partial charge is 0.353 e. The second kappa shape index (κ2) is 5.96. The fourth-order valence-corrected chi connectivity index (χ4v) is 3.08. The van der Waals surface area contributed by atoms with Crippen LogP contribution in [0, 0.1) is 0 Å². The van der Waals surface area contributed by atoms with Gasteiger partial charge in [0.1, 0.15) is 5.82 Å². The van der Waals surface area contributed by atoms with Gasteiger partial charge in [-0.2, -0.15) is 0 Å². The topological polar surface area (TPSA) is 58.4 Å². The van der Waals surface area contributed by atoms with E-state index < -0.39 is 0 Å². The van der Waals surface area contributed by atoms with E-state index in [1.54, 1.807) is 0 Å². The first kappa shape index (κ1) is 14.1. The third-order valence-electron chi connectivity index (χ3n) is 4.27. The lowest BCUT2D eigenvalue weighted by Gasteiger charge is -2.28. The van der Waals surface area contributed by atoms with E-state index in [9.17, 15) is 0 Å². The average molecular weight is 308 g/mol. The molecule has 1 N–H and O–H groups in total. The molecule has 0 atom stereocenters. The quantitative estimate of drug-likeness (QED) is 0.799. The Morgan fingerprint density at radius 1 is 1.09 bits per heavy atom. The van der Waals surface area contributed by atoms with Gasteiger partial charge in [-0.25, -0.2) is 9.50 Å². The summed E-state index contributed by atoms with van der Waals surface area (Å²) in [5.74, 6) is 1.01. The lowest BCUT2D eigenvalue weighted by atomic mass is 10.1. The first-order valence-electron chi connectivity index (χ1n) is 8.11. The van der Waals surface area contributed by atoms with E-state index in [4.69, 9.17) is 10.1 Å². The zero-order valence-electron chi connectivity index (χ0n) is 13.2. The van der Waals surface area contributed by atoms with E-state index >= 15 is 0 Å². The molecule has 3 aromatic heterocycles. The summed E-state index contributed by atoms with van der Waals surface area (Å²) in [5, 5.41) is 8.25. The highest BCUT2D eigenvalue weighted by Gasteiger charge is 2.17. The molecule has 0 radical (unpaired) electrons. The molecule has 0 aliphatic carbocycles. The molecule has 0 unspecified atom stereocenters. The van der Waals surface area contributed by atoms with Gasteiger partial charge in [0.2, 0.25) is 0 Å². The number of pyridine rings is 1. The minimum atomic E-state index is 0.879. The molecule has 3 aromatic rings. The van der Waals surface area contributed by atoms with Gasteiger partial charge in [-0.1, -0.05) is 6.92 Å². The summed E-state index contributed by atoms with van der Waals surface area (Å²) in [4.78, 5) is 11.2. The summed E-state index contributed by atoms with van der Waals surface area (Å²) < 4.78 is 1.98. The number of imidazole rings is 1. The van der Waals surface area contributed by atoms with Crippen LogP contribution >= 0.6 is 0 Å². The van der Waals surface area contributed by atoms with Crippen molar-refractivity contribution in [3.63, 3.8) is 0 Å². The summed E-state index contributed by atoms with van der Waals surface area (Å²) in [6, 6.07) is 8.17. The summed E-state index contributed by atoms with van der Waals surface area (Å²) >= 11 is 0. The van der Waals surface area contributed by atoms with Crippen LogP contribution in [0.5, 0.6) is 0 Å². The normalized spacial score (nSPS) is 15.3. The van der Waals surface area contributed by atoms with Gasteiger partial charge in [0, 0.05) is 44.1 Å². The maximum Gasteiger partial charge on any atom is 0.154 e. The number of aromatic nitrogens is 4. The Morgan fingerprint density at radius 2 is 1.87 bits per heavy atom. The van der Waals surface area contributed by atoms with Crippen molar-refractivity contribution in [3.8, 4) is 11.3 Å². The van der Waals surface area contributed by atoms with Gasteiger partial charge in [-0.15, -0.1) is 5.10 Å². The van der Waals surface area contributed by atoms with Gasteiger partial charge in [0.05, 0.1) is 11.4 Å². The molecule has 6 nitrogen and oxygen atoms in total. The molecule has 0 bridgehead atoms. The molecule has 4 rings (SSSR count). The van der Waals surface area contributed by atoms with Crippen molar-refractivity contribution in [3.05, 3.63) is 42.4 Å². The fourth-order valence-electron chi connectivity index (χ4n) is 3.08. The smallest absolute Gasteiger partial charge is 0.154 e. The minimum absolute atomic E-state index is 0.879. The number of aryl methyl sites for hydroxylation is 1. The van der Waals surface area contributed by atoms with Crippen molar-refractivity contribution in [1.82, 2.24) is 24.9 Å². The van der Waals surface area contributed by atoms with E-state index in [0.717, 1.165) is 61.0 Å². The SMILES string of the molecule is CCc1nc2ccc(N3CCNCC3)nn2c1-c1ccncc1. The standard InChI is InChI=1S/C17H20N6/c1-2-14-17(13-5-7-18-8-6-13)23-15(20-14)3-4-16(21-23)22-11-9-19-10-12-22/h3-8,19H,2,9-12H2,1H3. The third-order valence-corrected chi connectivity index (χ3v) is 4.27. The monoisotopic (exact) mass is 308 g/mol. The van der Waals surface area contributed by atoms with Crippen molar-refractivity contribution in [1.29, 1.82) is 0 Å².